The van der Waals surface area contributed by atoms with Gasteiger partial charge in [-0.05, 0) is 79.8 Å². The van der Waals surface area contributed by atoms with Crippen LogP contribution in [0.25, 0.3) is 0 Å². The smallest absolute Gasteiger partial charge is 0.127 e. The summed E-state index contributed by atoms with van der Waals surface area (Å²) in [5.41, 5.74) is 10.4. The second-order valence-electron chi connectivity index (χ2n) is 6.17. The van der Waals surface area contributed by atoms with Crippen LogP contribution in [0.4, 0.5) is 0 Å². The molecule has 0 fully saturated rings. The van der Waals surface area contributed by atoms with Crippen LogP contribution in [0.2, 0.25) is 0 Å². The van der Waals surface area contributed by atoms with Crippen molar-refractivity contribution in [3.63, 3.8) is 0 Å². The van der Waals surface area contributed by atoms with Gasteiger partial charge in [0.05, 0.1) is 0 Å². The molecule has 0 aromatic heterocycles. The predicted octanol–water partition coefficient (Wildman–Crippen LogP) is 6.40. The minimum absolute atomic E-state index is 0.543. The van der Waals surface area contributed by atoms with Crippen LogP contribution in [0.15, 0.2) is 96.0 Å². The third-order valence-electron chi connectivity index (χ3n) is 3.88. The van der Waals surface area contributed by atoms with Crippen LogP contribution >= 0.6 is 0 Å². The lowest BCUT2D eigenvalue weighted by Gasteiger charge is -2.10. The van der Waals surface area contributed by atoms with E-state index in [-0.39, 0.29) is 0 Å². The van der Waals surface area contributed by atoms with Gasteiger partial charge in [-0.25, -0.2) is 0 Å². The summed E-state index contributed by atoms with van der Waals surface area (Å²) >= 11 is 0. The fraction of sp³-hybridized carbons (Fsp3) is 0.250. The maximum Gasteiger partial charge on any atom is 0.127 e. The zero-order valence-electron chi connectivity index (χ0n) is 16.5. The van der Waals surface area contributed by atoms with Gasteiger partial charge in [0.1, 0.15) is 11.5 Å². The van der Waals surface area contributed by atoms with Crippen molar-refractivity contribution in [3.05, 3.63) is 102 Å². The molecule has 2 N–H and O–H groups in total. The molecule has 138 valence electrons. The van der Waals surface area contributed by atoms with Crippen molar-refractivity contribution in [2.45, 2.75) is 40.5 Å². The van der Waals surface area contributed by atoms with Crippen molar-refractivity contribution >= 4 is 0 Å². The highest BCUT2D eigenvalue weighted by Gasteiger charge is 2.03. The van der Waals surface area contributed by atoms with Gasteiger partial charge in [0, 0.05) is 5.70 Å². The SMILES string of the molecule is C=C(/C=C(\C=C/C)Oc1cccc(CCC)c1)/C(C)=C/C(=C\C)C(=C)N. The van der Waals surface area contributed by atoms with Crippen LogP contribution in [-0.2, 0) is 6.42 Å². The Balaban J connectivity index is 3.05. The first-order chi connectivity index (χ1) is 12.4. The van der Waals surface area contributed by atoms with Crippen molar-refractivity contribution in [1.29, 1.82) is 0 Å². The maximum absolute atomic E-state index is 6.07. The van der Waals surface area contributed by atoms with E-state index >= 15 is 0 Å². The van der Waals surface area contributed by atoms with Crippen molar-refractivity contribution in [1.82, 2.24) is 0 Å². The monoisotopic (exact) mass is 349 g/mol. The molecule has 0 spiro atoms. The normalized spacial score (nSPS) is 13.2. The van der Waals surface area contributed by atoms with Crippen molar-refractivity contribution in [2.75, 3.05) is 0 Å². The van der Waals surface area contributed by atoms with Gasteiger partial charge in [0.15, 0.2) is 0 Å². The lowest BCUT2D eigenvalue weighted by molar-refractivity contribution is 0.443. The van der Waals surface area contributed by atoms with Crippen LogP contribution in [-0.4, -0.2) is 0 Å². The second kappa shape index (κ2) is 11.0. The Kier molecular flexibility index (Phi) is 9.00. The number of nitrogens with two attached hydrogens (primary N) is 1. The lowest BCUT2D eigenvalue weighted by Crippen LogP contribution is -1.98. The van der Waals surface area contributed by atoms with Gasteiger partial charge in [-0.15, -0.1) is 0 Å². The molecule has 2 nitrogen and oxygen atoms in total. The van der Waals surface area contributed by atoms with Crippen LogP contribution in [0.3, 0.4) is 0 Å². The van der Waals surface area contributed by atoms with E-state index in [1.165, 1.54) is 5.56 Å². The molecule has 0 atom stereocenters. The zero-order valence-corrected chi connectivity index (χ0v) is 16.5. The molecule has 26 heavy (non-hydrogen) atoms. The summed E-state index contributed by atoms with van der Waals surface area (Å²) in [6.45, 7) is 16.0. The number of benzene rings is 1. The Morgan fingerprint density at radius 3 is 2.50 bits per heavy atom. The number of ether oxygens (including phenoxy) is 1. The third kappa shape index (κ3) is 7.02. The van der Waals surface area contributed by atoms with Crippen LogP contribution in [0, 0.1) is 0 Å². The highest BCUT2D eigenvalue weighted by Crippen LogP contribution is 2.21. The fourth-order valence-corrected chi connectivity index (χ4v) is 2.44. The van der Waals surface area contributed by atoms with E-state index in [1.807, 2.05) is 63.3 Å². The molecule has 1 rings (SSSR count). The first-order valence-electron chi connectivity index (χ1n) is 9.01. The van der Waals surface area contributed by atoms with E-state index in [0.717, 1.165) is 41.1 Å². The van der Waals surface area contributed by atoms with Crippen LogP contribution < -0.4 is 10.5 Å². The Bertz CT molecular complexity index is 760. The number of rotatable bonds is 9. The molecule has 0 radical (unpaired) electrons. The van der Waals surface area contributed by atoms with Gasteiger partial charge < -0.3 is 10.5 Å². The van der Waals surface area contributed by atoms with Gasteiger partial charge in [-0.3, -0.25) is 0 Å². The van der Waals surface area contributed by atoms with E-state index in [1.54, 1.807) is 0 Å². The molecule has 0 bridgehead atoms. The van der Waals surface area contributed by atoms with Crippen molar-refractivity contribution in [3.8, 4) is 5.75 Å². The largest absolute Gasteiger partial charge is 0.457 e. The molecule has 1 aromatic carbocycles. The van der Waals surface area contributed by atoms with E-state index in [0.29, 0.717) is 5.70 Å². The summed E-state index contributed by atoms with van der Waals surface area (Å²) in [5.74, 6) is 1.58. The maximum atomic E-state index is 6.07. The van der Waals surface area contributed by atoms with Crippen LogP contribution in [0.5, 0.6) is 5.75 Å². The highest BCUT2D eigenvalue weighted by molar-refractivity contribution is 5.47. The van der Waals surface area contributed by atoms with Gasteiger partial charge in [-0.1, -0.05) is 50.8 Å². The Labute approximate surface area is 158 Å². The van der Waals surface area contributed by atoms with Crippen molar-refractivity contribution < 1.29 is 4.74 Å². The second-order valence-corrected chi connectivity index (χ2v) is 6.17. The first-order valence-corrected chi connectivity index (χ1v) is 9.01. The van der Waals surface area contributed by atoms with E-state index in [4.69, 9.17) is 10.5 Å². The van der Waals surface area contributed by atoms with Gasteiger partial charge >= 0.3 is 0 Å². The third-order valence-corrected chi connectivity index (χ3v) is 3.88. The summed E-state index contributed by atoms with van der Waals surface area (Å²) in [7, 11) is 0. The molecule has 1 aromatic rings. The average molecular weight is 350 g/mol. The number of hydrogen-bond acceptors (Lipinski definition) is 2. The molecule has 0 saturated heterocycles. The first kappa shape index (κ1) is 21.3. The Morgan fingerprint density at radius 2 is 1.92 bits per heavy atom. The van der Waals surface area contributed by atoms with E-state index in [9.17, 15) is 0 Å². The summed E-state index contributed by atoms with van der Waals surface area (Å²) in [6, 6.07) is 8.21. The number of hydrogen-bond donors (Lipinski definition) is 1. The quantitative estimate of drug-likeness (QED) is 0.413. The topological polar surface area (TPSA) is 35.2 Å². The standard InChI is InChI=1S/C24H31NO/c1-7-11-21-13-10-14-24(17-21)26-23(12-8-2)16-19(5)18(4)15-22(9-3)20(6)25/h8-10,12-17H,5-7,11,25H2,1-4H3/b12-8-,18-15+,22-9+,23-16+. The lowest BCUT2D eigenvalue weighted by atomic mass is 10.0. The van der Waals surface area contributed by atoms with Crippen molar-refractivity contribution in [2.24, 2.45) is 5.73 Å². The summed E-state index contributed by atoms with van der Waals surface area (Å²) in [4.78, 5) is 0. The molecule has 0 aliphatic rings. The number of aryl methyl sites for hydroxylation is 1. The van der Waals surface area contributed by atoms with Crippen LogP contribution in [0.1, 0.15) is 39.7 Å². The van der Waals surface area contributed by atoms with E-state index in [2.05, 4.69) is 32.2 Å². The van der Waals surface area contributed by atoms with Gasteiger partial charge in [0.2, 0.25) is 0 Å². The highest BCUT2D eigenvalue weighted by atomic mass is 16.5. The Morgan fingerprint density at radius 1 is 1.19 bits per heavy atom. The fourth-order valence-electron chi connectivity index (χ4n) is 2.44. The van der Waals surface area contributed by atoms with Gasteiger partial charge in [-0.2, -0.15) is 0 Å². The molecule has 0 unspecified atom stereocenters. The molecule has 0 amide bonds. The summed E-state index contributed by atoms with van der Waals surface area (Å²) in [6.07, 6.45) is 11.9. The summed E-state index contributed by atoms with van der Waals surface area (Å²) in [5, 5.41) is 0. The average Bonchev–Trinajstić information content (AvgIpc) is 2.59. The minimum atomic E-state index is 0.543. The predicted molar refractivity (Wildman–Crippen MR) is 114 cm³/mol. The van der Waals surface area contributed by atoms with Gasteiger partial charge in [0.25, 0.3) is 0 Å². The number of allylic oxidation sites excluding steroid dienone is 7. The molecule has 0 saturated carbocycles. The molecule has 0 heterocycles. The molecule has 0 aliphatic heterocycles. The minimum Gasteiger partial charge on any atom is -0.457 e. The molecule has 0 aliphatic carbocycles. The summed E-state index contributed by atoms with van der Waals surface area (Å²) < 4.78 is 6.07. The zero-order chi connectivity index (χ0) is 19.5. The van der Waals surface area contributed by atoms with E-state index < -0.39 is 0 Å². The molecule has 2 heteroatoms. The Hall–Kier alpha value is -2.74. The molecular formula is C24H31NO. The molecular weight excluding hydrogens is 318 g/mol.